The van der Waals surface area contributed by atoms with Crippen molar-refractivity contribution in [1.29, 1.82) is 0 Å². The Balaban J connectivity index is 1.60. The fourth-order valence-corrected chi connectivity index (χ4v) is 3.03. The highest BCUT2D eigenvalue weighted by Gasteiger charge is 2.27. The maximum absolute atomic E-state index is 12.3. The second-order valence-corrected chi connectivity index (χ2v) is 6.60. The van der Waals surface area contributed by atoms with Crippen molar-refractivity contribution in [2.45, 2.75) is 38.5 Å². The van der Waals surface area contributed by atoms with Crippen LogP contribution < -0.4 is 9.97 Å². The van der Waals surface area contributed by atoms with Gasteiger partial charge in [-0.15, -0.1) is 0 Å². The molecule has 140 valence electrons. The SMILES string of the molecule is CCCCOC(=O)c1cccc2c1OB[C@@H](NC(=O)Cc1ccncc1)C2. The van der Waals surface area contributed by atoms with Crippen molar-refractivity contribution >= 4 is 19.4 Å². The zero-order valence-electron chi connectivity index (χ0n) is 15.4. The fourth-order valence-electron chi connectivity index (χ4n) is 3.03. The number of hydrogen-bond donors (Lipinski definition) is 1. The standard InChI is InChI=1S/C20H23BN2O4/c1-2-3-11-26-20(25)16-6-4-5-15-13-17(21-27-19(15)16)23-18(24)12-14-7-9-22-10-8-14/h4-10,17,21H,2-3,11-13H2,1H3,(H,23,24)/t17-/m0/s1. The molecule has 0 aliphatic carbocycles. The van der Waals surface area contributed by atoms with Crippen LogP contribution in [0.4, 0.5) is 0 Å². The van der Waals surface area contributed by atoms with E-state index in [2.05, 4.69) is 10.3 Å². The van der Waals surface area contributed by atoms with E-state index >= 15 is 0 Å². The van der Waals surface area contributed by atoms with E-state index in [-0.39, 0.29) is 17.8 Å². The first kappa shape index (κ1) is 19.0. The van der Waals surface area contributed by atoms with Crippen LogP contribution in [0.3, 0.4) is 0 Å². The number of nitrogens with zero attached hydrogens (tertiary/aromatic N) is 1. The smallest absolute Gasteiger partial charge is 0.363 e. The number of pyridine rings is 1. The first-order valence-electron chi connectivity index (χ1n) is 9.27. The van der Waals surface area contributed by atoms with Crippen LogP contribution in [0.2, 0.25) is 0 Å². The molecule has 7 heteroatoms. The molecule has 1 atom stereocenters. The normalized spacial score (nSPS) is 15.1. The van der Waals surface area contributed by atoms with Crippen molar-refractivity contribution in [2.75, 3.05) is 6.61 Å². The second kappa shape index (κ2) is 9.21. The quantitative estimate of drug-likeness (QED) is 0.461. The minimum absolute atomic E-state index is 0.0617. The first-order valence-corrected chi connectivity index (χ1v) is 9.27. The highest BCUT2D eigenvalue weighted by molar-refractivity contribution is 6.32. The van der Waals surface area contributed by atoms with E-state index in [1.54, 1.807) is 18.5 Å². The Morgan fingerprint density at radius 1 is 1.30 bits per heavy atom. The highest BCUT2D eigenvalue weighted by atomic mass is 16.5. The molecule has 0 bridgehead atoms. The number of esters is 1. The molecule has 1 amide bonds. The minimum Gasteiger partial charge on any atom is -0.561 e. The zero-order valence-corrected chi connectivity index (χ0v) is 15.4. The van der Waals surface area contributed by atoms with Gasteiger partial charge in [0.2, 0.25) is 5.91 Å². The number of carbonyl (C=O) groups is 2. The van der Waals surface area contributed by atoms with Crippen LogP contribution in [0, 0.1) is 0 Å². The molecule has 2 aromatic rings. The van der Waals surface area contributed by atoms with Gasteiger partial charge in [0, 0.05) is 18.3 Å². The summed E-state index contributed by atoms with van der Waals surface area (Å²) in [5, 5.41) is 3.00. The van der Waals surface area contributed by atoms with Gasteiger partial charge >= 0.3 is 13.5 Å². The first-order chi connectivity index (χ1) is 13.2. The van der Waals surface area contributed by atoms with Crippen LogP contribution in [-0.2, 0) is 22.4 Å². The zero-order chi connectivity index (χ0) is 19.1. The number of hydrogen-bond acceptors (Lipinski definition) is 5. The number of nitrogens with one attached hydrogen (secondary N) is 1. The molecule has 3 rings (SSSR count). The number of carbonyl (C=O) groups excluding carboxylic acids is 2. The van der Waals surface area contributed by atoms with Crippen LogP contribution >= 0.6 is 0 Å². The molecule has 0 saturated heterocycles. The number of rotatable bonds is 7. The predicted octanol–water partition coefficient (Wildman–Crippen LogP) is 2.01. The van der Waals surface area contributed by atoms with Gasteiger partial charge in [-0.2, -0.15) is 0 Å². The van der Waals surface area contributed by atoms with Gasteiger partial charge in [-0.05, 0) is 42.2 Å². The van der Waals surface area contributed by atoms with E-state index in [4.69, 9.17) is 9.39 Å². The summed E-state index contributed by atoms with van der Waals surface area (Å²) in [6.07, 6.45) is 6.07. The van der Waals surface area contributed by atoms with Crippen molar-refractivity contribution in [2.24, 2.45) is 0 Å². The Morgan fingerprint density at radius 2 is 2.11 bits per heavy atom. The van der Waals surface area contributed by atoms with Gasteiger partial charge in [-0.1, -0.05) is 25.5 Å². The molecule has 1 aromatic heterocycles. The number of unbranched alkanes of at least 4 members (excludes halogenated alkanes) is 1. The van der Waals surface area contributed by atoms with Crippen LogP contribution in [0.1, 0.15) is 41.3 Å². The third-order valence-electron chi connectivity index (χ3n) is 4.42. The van der Waals surface area contributed by atoms with Gasteiger partial charge in [0.1, 0.15) is 11.3 Å². The molecule has 1 N–H and O–H groups in total. The Bertz CT molecular complexity index is 798. The van der Waals surface area contributed by atoms with Crippen molar-refractivity contribution in [3.8, 4) is 5.75 Å². The minimum atomic E-state index is -0.361. The maximum atomic E-state index is 12.3. The van der Waals surface area contributed by atoms with Crippen molar-refractivity contribution < 1.29 is 19.0 Å². The Kier molecular flexibility index (Phi) is 6.46. The van der Waals surface area contributed by atoms with Crippen molar-refractivity contribution in [3.05, 3.63) is 59.4 Å². The molecule has 0 spiro atoms. The fraction of sp³-hybridized carbons (Fsp3) is 0.350. The van der Waals surface area contributed by atoms with E-state index in [1.807, 2.05) is 31.2 Å². The molecular formula is C20H23BN2O4. The van der Waals surface area contributed by atoms with Crippen molar-refractivity contribution in [1.82, 2.24) is 10.3 Å². The van der Waals surface area contributed by atoms with E-state index in [9.17, 15) is 9.59 Å². The lowest BCUT2D eigenvalue weighted by molar-refractivity contribution is -0.120. The summed E-state index contributed by atoms with van der Waals surface area (Å²) in [4.78, 5) is 28.5. The maximum Gasteiger partial charge on any atom is 0.363 e. The Morgan fingerprint density at radius 3 is 2.89 bits per heavy atom. The number of ether oxygens (including phenoxy) is 1. The van der Waals surface area contributed by atoms with Crippen LogP contribution in [-0.4, -0.2) is 36.9 Å². The molecule has 0 saturated carbocycles. The molecule has 6 nitrogen and oxygen atoms in total. The molecular weight excluding hydrogens is 343 g/mol. The van der Waals surface area contributed by atoms with E-state index in [0.29, 0.717) is 38.2 Å². The summed E-state index contributed by atoms with van der Waals surface area (Å²) in [6.45, 7) is 2.46. The largest absolute Gasteiger partial charge is 0.561 e. The topological polar surface area (TPSA) is 77.5 Å². The molecule has 1 aromatic carbocycles. The Hall–Kier alpha value is -2.83. The molecule has 27 heavy (non-hydrogen) atoms. The number of benzene rings is 1. The summed E-state index contributed by atoms with van der Waals surface area (Å²) < 4.78 is 11.1. The Labute approximate surface area is 159 Å². The van der Waals surface area contributed by atoms with Gasteiger partial charge in [-0.3, -0.25) is 9.78 Å². The van der Waals surface area contributed by atoms with Crippen molar-refractivity contribution in [3.63, 3.8) is 0 Å². The summed E-state index contributed by atoms with van der Waals surface area (Å²) >= 11 is 0. The molecule has 1 aliphatic rings. The van der Waals surface area contributed by atoms with Gasteiger partial charge in [0.25, 0.3) is 0 Å². The number of para-hydroxylation sites is 1. The third-order valence-corrected chi connectivity index (χ3v) is 4.42. The van der Waals surface area contributed by atoms with Gasteiger partial charge in [0.15, 0.2) is 0 Å². The van der Waals surface area contributed by atoms with Gasteiger partial charge in [-0.25, -0.2) is 4.79 Å². The number of aromatic nitrogens is 1. The van der Waals surface area contributed by atoms with E-state index < -0.39 is 0 Å². The molecule has 0 radical (unpaired) electrons. The van der Waals surface area contributed by atoms with E-state index in [1.165, 1.54) is 0 Å². The average Bonchev–Trinajstić information content (AvgIpc) is 2.68. The summed E-state index contributed by atoms with van der Waals surface area (Å²) in [6, 6.07) is 9.10. The van der Waals surface area contributed by atoms with Crippen LogP contribution in [0.15, 0.2) is 42.7 Å². The number of amides is 1. The van der Waals surface area contributed by atoms with Crippen LogP contribution in [0.5, 0.6) is 5.75 Å². The average molecular weight is 366 g/mol. The summed E-state index contributed by atoms with van der Waals surface area (Å²) in [7, 11) is 0.328. The van der Waals surface area contributed by atoms with E-state index in [0.717, 1.165) is 24.0 Å². The predicted molar refractivity (Wildman–Crippen MR) is 103 cm³/mol. The third kappa shape index (κ3) is 5.09. The van der Waals surface area contributed by atoms with Gasteiger partial charge in [0.05, 0.1) is 13.0 Å². The lowest BCUT2D eigenvalue weighted by Crippen LogP contribution is -2.45. The lowest BCUT2D eigenvalue weighted by Gasteiger charge is -2.26. The molecule has 1 aliphatic heterocycles. The molecule has 0 fully saturated rings. The summed E-state index contributed by atoms with van der Waals surface area (Å²) in [5.41, 5.74) is 2.27. The summed E-state index contributed by atoms with van der Waals surface area (Å²) in [5.74, 6) is 0.0192. The molecule has 0 unspecified atom stereocenters. The number of fused-ring (bicyclic) bond motifs is 1. The lowest BCUT2D eigenvalue weighted by atomic mass is 9.79. The van der Waals surface area contributed by atoms with Crippen LogP contribution in [0.25, 0.3) is 0 Å². The van der Waals surface area contributed by atoms with Gasteiger partial charge < -0.3 is 14.7 Å². The highest BCUT2D eigenvalue weighted by Crippen LogP contribution is 2.29. The second-order valence-electron chi connectivity index (χ2n) is 6.60. The molecule has 2 heterocycles. The monoisotopic (exact) mass is 366 g/mol.